The average Bonchev–Trinajstić information content (AvgIpc) is 3.06. The van der Waals surface area contributed by atoms with Crippen molar-refractivity contribution in [1.29, 1.82) is 0 Å². The number of furan rings is 1. The Labute approximate surface area is 164 Å². The molecule has 0 atom stereocenters. The van der Waals surface area contributed by atoms with Crippen LogP contribution in [0.2, 0.25) is 0 Å². The number of hydrogen-bond donors (Lipinski definition) is 2. The molecule has 0 aliphatic rings. The molecule has 2 heterocycles. The van der Waals surface area contributed by atoms with Crippen molar-refractivity contribution in [2.75, 3.05) is 7.11 Å². The van der Waals surface area contributed by atoms with Crippen LogP contribution in [0.25, 0.3) is 33.3 Å². The maximum absolute atomic E-state index is 11.9. The van der Waals surface area contributed by atoms with Crippen molar-refractivity contribution in [2.24, 2.45) is 0 Å². The third-order valence-electron chi connectivity index (χ3n) is 4.91. The number of phenols is 1. The minimum atomic E-state index is -1.03. The number of carboxylic acids is 1. The minimum absolute atomic E-state index is 0.0266. The molecule has 4 rings (SSSR count). The highest BCUT2D eigenvalue weighted by atomic mass is 16.5. The first-order valence-electron chi connectivity index (χ1n) is 9.03. The van der Waals surface area contributed by atoms with Crippen LogP contribution < -0.4 is 10.4 Å². The summed E-state index contributed by atoms with van der Waals surface area (Å²) in [5.41, 5.74) is 1.30. The molecule has 0 unspecified atom stereocenters. The van der Waals surface area contributed by atoms with Gasteiger partial charge in [0.15, 0.2) is 11.2 Å². The van der Waals surface area contributed by atoms with Crippen molar-refractivity contribution in [1.82, 2.24) is 0 Å². The summed E-state index contributed by atoms with van der Waals surface area (Å²) in [5, 5.41) is 21.2. The van der Waals surface area contributed by atoms with Crippen LogP contribution in [0.1, 0.15) is 18.1 Å². The van der Waals surface area contributed by atoms with Crippen LogP contribution in [0.4, 0.5) is 0 Å². The summed E-state index contributed by atoms with van der Waals surface area (Å²) in [6, 6.07) is 10.0. The van der Waals surface area contributed by atoms with E-state index in [1.165, 1.54) is 6.07 Å². The van der Waals surface area contributed by atoms with E-state index in [0.717, 1.165) is 0 Å². The lowest BCUT2D eigenvalue weighted by Gasteiger charge is -2.05. The average molecular weight is 394 g/mol. The first kappa shape index (κ1) is 18.6. The summed E-state index contributed by atoms with van der Waals surface area (Å²) in [6.45, 7) is 1.88. The van der Waals surface area contributed by atoms with Crippen LogP contribution in [-0.4, -0.2) is 23.3 Å². The van der Waals surface area contributed by atoms with E-state index in [0.29, 0.717) is 45.4 Å². The van der Waals surface area contributed by atoms with Gasteiger partial charge < -0.3 is 23.8 Å². The van der Waals surface area contributed by atoms with E-state index in [1.54, 1.807) is 37.4 Å². The molecule has 0 fully saturated rings. The fraction of sp³-hybridized carbons (Fsp3) is 0.182. The fourth-order valence-corrected chi connectivity index (χ4v) is 3.53. The molecule has 0 amide bonds. The summed E-state index contributed by atoms with van der Waals surface area (Å²) >= 11 is 0. The van der Waals surface area contributed by atoms with Gasteiger partial charge in [-0.25, -0.2) is 4.79 Å². The molecule has 7 nitrogen and oxygen atoms in total. The van der Waals surface area contributed by atoms with E-state index in [9.17, 15) is 19.8 Å². The van der Waals surface area contributed by atoms with Crippen molar-refractivity contribution < 1.29 is 28.6 Å². The van der Waals surface area contributed by atoms with Crippen molar-refractivity contribution in [3.05, 3.63) is 57.9 Å². The predicted molar refractivity (Wildman–Crippen MR) is 107 cm³/mol. The first-order valence-corrected chi connectivity index (χ1v) is 9.03. The monoisotopic (exact) mass is 394 g/mol. The zero-order valence-corrected chi connectivity index (χ0v) is 15.8. The van der Waals surface area contributed by atoms with Crippen molar-refractivity contribution in [2.45, 2.75) is 19.8 Å². The van der Waals surface area contributed by atoms with Gasteiger partial charge in [0.25, 0.3) is 0 Å². The highest BCUT2D eigenvalue weighted by Gasteiger charge is 2.24. The van der Waals surface area contributed by atoms with Gasteiger partial charge in [0, 0.05) is 28.0 Å². The van der Waals surface area contributed by atoms with Gasteiger partial charge in [-0.3, -0.25) is 4.79 Å². The van der Waals surface area contributed by atoms with Gasteiger partial charge in [0.1, 0.15) is 11.5 Å². The first-order chi connectivity index (χ1) is 13.9. The van der Waals surface area contributed by atoms with E-state index < -0.39 is 11.6 Å². The molecule has 4 aromatic rings. The molecule has 0 aliphatic heterocycles. The third-order valence-corrected chi connectivity index (χ3v) is 4.91. The van der Waals surface area contributed by atoms with E-state index in [-0.39, 0.29) is 23.3 Å². The molecule has 148 valence electrons. The van der Waals surface area contributed by atoms with Gasteiger partial charge in [0.05, 0.1) is 13.5 Å². The fourth-order valence-electron chi connectivity index (χ4n) is 3.53. The zero-order chi connectivity index (χ0) is 20.7. The minimum Gasteiger partial charge on any atom is -0.502 e. The molecule has 7 heteroatoms. The number of methoxy groups -OCH3 is 1. The van der Waals surface area contributed by atoms with Crippen LogP contribution in [0.5, 0.6) is 11.5 Å². The molecule has 29 heavy (non-hydrogen) atoms. The van der Waals surface area contributed by atoms with E-state index >= 15 is 0 Å². The quantitative estimate of drug-likeness (QED) is 0.490. The molecule has 2 aromatic heterocycles. The Kier molecular flexibility index (Phi) is 4.50. The molecule has 0 spiro atoms. The van der Waals surface area contributed by atoms with Gasteiger partial charge in [0.2, 0.25) is 5.75 Å². The maximum Gasteiger partial charge on any atom is 0.336 e. The lowest BCUT2D eigenvalue weighted by Crippen LogP contribution is -2.02. The van der Waals surface area contributed by atoms with Crippen molar-refractivity contribution in [3.8, 4) is 22.8 Å². The van der Waals surface area contributed by atoms with E-state index in [1.807, 2.05) is 6.92 Å². The number of phenolic OH excluding ortho intramolecular Hbond substituents is 1. The Morgan fingerprint density at radius 1 is 1.07 bits per heavy atom. The Bertz CT molecular complexity index is 1290. The molecular weight excluding hydrogens is 376 g/mol. The van der Waals surface area contributed by atoms with E-state index in [2.05, 4.69) is 0 Å². The molecule has 2 aromatic carbocycles. The number of benzene rings is 2. The molecule has 0 radical (unpaired) electrons. The second kappa shape index (κ2) is 7.01. The number of ether oxygens (including phenoxy) is 1. The molecular formula is C22H18O7. The van der Waals surface area contributed by atoms with Crippen LogP contribution in [0, 0.1) is 0 Å². The lowest BCUT2D eigenvalue weighted by atomic mass is 9.99. The smallest absolute Gasteiger partial charge is 0.336 e. The highest BCUT2D eigenvalue weighted by Crippen LogP contribution is 2.42. The summed E-state index contributed by atoms with van der Waals surface area (Å²) in [4.78, 5) is 23.4. The van der Waals surface area contributed by atoms with Gasteiger partial charge in [-0.15, -0.1) is 0 Å². The number of fused-ring (bicyclic) bond motifs is 2. The van der Waals surface area contributed by atoms with Gasteiger partial charge >= 0.3 is 11.6 Å². The number of aryl methyl sites for hydroxylation is 1. The SMILES string of the molecule is CCc1cc(=O)oc2c(O)c3oc(-c4ccc(OC)cc4)c(CC(=O)O)c3cc12. The largest absolute Gasteiger partial charge is 0.502 e. The lowest BCUT2D eigenvalue weighted by molar-refractivity contribution is -0.136. The number of hydrogen-bond acceptors (Lipinski definition) is 6. The number of carbonyl (C=O) groups is 1. The summed E-state index contributed by atoms with van der Waals surface area (Å²) < 4.78 is 16.3. The normalized spacial score (nSPS) is 11.2. The molecule has 0 saturated heterocycles. The molecule has 0 aliphatic carbocycles. The number of carboxylic acid groups (broad SMARTS) is 1. The van der Waals surface area contributed by atoms with Gasteiger partial charge in [-0.2, -0.15) is 0 Å². The topological polar surface area (TPSA) is 110 Å². The van der Waals surface area contributed by atoms with Gasteiger partial charge in [-0.1, -0.05) is 6.92 Å². The Hall–Kier alpha value is -3.74. The van der Waals surface area contributed by atoms with Crippen molar-refractivity contribution in [3.63, 3.8) is 0 Å². The predicted octanol–water partition coefficient (Wildman–Crippen LogP) is 4.11. The zero-order valence-electron chi connectivity index (χ0n) is 15.8. The second-order valence-corrected chi connectivity index (χ2v) is 6.63. The number of aliphatic carboxylic acids is 1. The highest BCUT2D eigenvalue weighted by molar-refractivity contribution is 6.05. The Balaban J connectivity index is 2.08. The van der Waals surface area contributed by atoms with Crippen molar-refractivity contribution >= 4 is 27.9 Å². The molecule has 0 bridgehead atoms. The van der Waals surface area contributed by atoms with Crippen LogP contribution >= 0.6 is 0 Å². The molecule has 2 N–H and O–H groups in total. The number of rotatable bonds is 5. The maximum atomic E-state index is 11.9. The summed E-state index contributed by atoms with van der Waals surface area (Å²) in [6.07, 6.45) is 0.252. The third kappa shape index (κ3) is 3.10. The Morgan fingerprint density at radius 3 is 2.38 bits per heavy atom. The van der Waals surface area contributed by atoms with Crippen LogP contribution in [0.3, 0.4) is 0 Å². The van der Waals surface area contributed by atoms with E-state index in [4.69, 9.17) is 13.6 Å². The summed E-state index contributed by atoms with van der Waals surface area (Å²) in [7, 11) is 1.55. The van der Waals surface area contributed by atoms with Crippen LogP contribution in [0.15, 0.2) is 50.0 Å². The standard InChI is InChI=1S/C22H18O7/c1-3-11-8-18(25)28-21-14(11)9-15-16(10-17(23)24)20(29-22(15)19(21)26)12-4-6-13(27-2)7-5-12/h4-9,26H,3,10H2,1-2H3,(H,23,24). The number of aromatic hydroxyl groups is 1. The molecule has 0 saturated carbocycles. The summed E-state index contributed by atoms with van der Waals surface area (Å²) in [5.74, 6) is -0.377. The van der Waals surface area contributed by atoms with Crippen LogP contribution in [-0.2, 0) is 17.6 Å². The van der Waals surface area contributed by atoms with Gasteiger partial charge in [-0.05, 0) is 42.3 Å². The Morgan fingerprint density at radius 2 is 1.76 bits per heavy atom. The second-order valence-electron chi connectivity index (χ2n) is 6.63.